The van der Waals surface area contributed by atoms with Crippen LogP contribution in [0.15, 0.2) is 0 Å². The lowest BCUT2D eigenvalue weighted by molar-refractivity contribution is -0.118. The average Bonchev–Trinajstić information content (AvgIpc) is 2.16. The van der Waals surface area contributed by atoms with Crippen LogP contribution in [-0.2, 0) is 4.79 Å². The monoisotopic (exact) mass is 248 g/mol. The zero-order chi connectivity index (χ0) is 10.1. The van der Waals surface area contributed by atoms with Crippen molar-refractivity contribution < 1.29 is 4.79 Å². The molecule has 0 rings (SSSR count). The molecule has 13 heavy (non-hydrogen) atoms. The smallest absolute Gasteiger partial charge is 0.146 e. The normalized spacial score (nSPS) is 12.8. The van der Waals surface area contributed by atoms with Crippen molar-refractivity contribution in [1.29, 1.82) is 0 Å². The van der Waals surface area contributed by atoms with E-state index in [9.17, 15) is 4.79 Å². The molecule has 0 aromatic heterocycles. The number of unbranched alkanes of at least 4 members (excludes halogenated alkanes) is 4. The Labute approximate surface area is 90.4 Å². The molecule has 0 amide bonds. The van der Waals surface area contributed by atoms with E-state index in [1.54, 1.807) is 0 Å². The summed E-state index contributed by atoms with van der Waals surface area (Å²) >= 11 is 3.38. The average molecular weight is 249 g/mol. The van der Waals surface area contributed by atoms with Crippen LogP contribution in [0.4, 0.5) is 0 Å². The molecule has 0 N–H and O–H groups in total. The maximum atomic E-state index is 11.4. The molecule has 0 aliphatic heterocycles. The minimum absolute atomic E-state index is 0.0960. The highest BCUT2D eigenvalue weighted by Gasteiger charge is 2.10. The van der Waals surface area contributed by atoms with Crippen LogP contribution < -0.4 is 0 Å². The lowest BCUT2D eigenvalue weighted by atomic mass is 10.1. The second kappa shape index (κ2) is 8.74. The van der Waals surface area contributed by atoms with E-state index in [2.05, 4.69) is 22.9 Å². The summed E-state index contributed by atoms with van der Waals surface area (Å²) in [6, 6.07) is 0. The predicted molar refractivity (Wildman–Crippen MR) is 61.4 cm³/mol. The number of rotatable bonds is 8. The van der Waals surface area contributed by atoms with Gasteiger partial charge >= 0.3 is 0 Å². The van der Waals surface area contributed by atoms with Crippen molar-refractivity contribution in [2.24, 2.45) is 0 Å². The lowest BCUT2D eigenvalue weighted by Gasteiger charge is -2.04. The van der Waals surface area contributed by atoms with Crippen molar-refractivity contribution >= 4 is 21.7 Å². The number of carbonyl (C=O) groups excluding carboxylic acids is 1. The van der Waals surface area contributed by atoms with Crippen molar-refractivity contribution in [2.45, 2.75) is 63.6 Å². The van der Waals surface area contributed by atoms with Gasteiger partial charge in [-0.25, -0.2) is 0 Å². The second-order valence-corrected chi connectivity index (χ2v) is 4.61. The van der Waals surface area contributed by atoms with E-state index >= 15 is 0 Å². The predicted octanol–water partition coefficient (Wildman–Crippen LogP) is 4.09. The second-order valence-electron chi connectivity index (χ2n) is 3.51. The number of alkyl halides is 1. The molecule has 0 saturated heterocycles. The van der Waals surface area contributed by atoms with E-state index in [-0.39, 0.29) is 4.83 Å². The zero-order valence-corrected chi connectivity index (χ0v) is 10.4. The fourth-order valence-corrected chi connectivity index (χ4v) is 1.52. The molecule has 0 heterocycles. The van der Waals surface area contributed by atoms with Crippen LogP contribution in [0.3, 0.4) is 0 Å². The third-order valence-electron chi connectivity index (χ3n) is 2.23. The molecule has 0 saturated carbocycles. The van der Waals surface area contributed by atoms with Gasteiger partial charge < -0.3 is 0 Å². The summed E-state index contributed by atoms with van der Waals surface area (Å²) in [5.41, 5.74) is 0. The Morgan fingerprint density at radius 2 is 1.77 bits per heavy atom. The fraction of sp³-hybridized carbons (Fsp3) is 0.909. The van der Waals surface area contributed by atoms with Crippen molar-refractivity contribution in [2.75, 3.05) is 0 Å². The van der Waals surface area contributed by atoms with Gasteiger partial charge in [-0.05, 0) is 12.8 Å². The molecular formula is C11H21BrO. The van der Waals surface area contributed by atoms with Crippen molar-refractivity contribution in [3.63, 3.8) is 0 Å². The highest BCUT2D eigenvalue weighted by atomic mass is 79.9. The van der Waals surface area contributed by atoms with Gasteiger partial charge in [-0.1, -0.05) is 55.5 Å². The molecule has 0 bridgehead atoms. The van der Waals surface area contributed by atoms with Crippen LogP contribution in [0, 0.1) is 0 Å². The molecule has 78 valence electrons. The van der Waals surface area contributed by atoms with Crippen LogP contribution in [0.5, 0.6) is 0 Å². The highest BCUT2D eigenvalue weighted by molar-refractivity contribution is 9.10. The van der Waals surface area contributed by atoms with Crippen LogP contribution in [0.2, 0.25) is 0 Å². The zero-order valence-electron chi connectivity index (χ0n) is 8.81. The van der Waals surface area contributed by atoms with Crippen molar-refractivity contribution in [3.05, 3.63) is 0 Å². The third-order valence-corrected chi connectivity index (χ3v) is 3.39. The Bertz CT molecular complexity index is 134. The molecule has 0 aromatic carbocycles. The Morgan fingerprint density at radius 3 is 2.31 bits per heavy atom. The van der Waals surface area contributed by atoms with Gasteiger partial charge in [-0.2, -0.15) is 0 Å². The van der Waals surface area contributed by atoms with Gasteiger partial charge in [0.15, 0.2) is 0 Å². The van der Waals surface area contributed by atoms with Gasteiger partial charge in [-0.15, -0.1) is 0 Å². The van der Waals surface area contributed by atoms with Crippen LogP contribution >= 0.6 is 15.9 Å². The number of hydrogen-bond acceptors (Lipinski definition) is 1. The van der Waals surface area contributed by atoms with E-state index in [1.807, 2.05) is 6.92 Å². The van der Waals surface area contributed by atoms with Gasteiger partial charge in [0.05, 0.1) is 4.83 Å². The molecule has 2 heteroatoms. The van der Waals surface area contributed by atoms with Gasteiger partial charge in [0.2, 0.25) is 0 Å². The molecule has 0 aliphatic rings. The number of hydrogen-bond donors (Lipinski definition) is 0. The number of ketones is 1. The summed E-state index contributed by atoms with van der Waals surface area (Å²) in [5, 5.41) is 0. The van der Waals surface area contributed by atoms with E-state index in [0.717, 1.165) is 19.3 Å². The largest absolute Gasteiger partial charge is 0.298 e. The van der Waals surface area contributed by atoms with E-state index in [0.29, 0.717) is 5.78 Å². The summed E-state index contributed by atoms with van der Waals surface area (Å²) in [6.07, 6.45) is 7.80. The SMILES string of the molecule is CCCCCCCC(=O)C(Br)CC. The Morgan fingerprint density at radius 1 is 1.15 bits per heavy atom. The molecule has 1 atom stereocenters. The summed E-state index contributed by atoms with van der Waals surface area (Å²) in [7, 11) is 0. The van der Waals surface area contributed by atoms with Gasteiger partial charge in [-0.3, -0.25) is 4.79 Å². The molecule has 1 nitrogen and oxygen atoms in total. The summed E-state index contributed by atoms with van der Waals surface area (Å²) in [5.74, 6) is 0.374. The van der Waals surface area contributed by atoms with Crippen molar-refractivity contribution in [3.8, 4) is 0 Å². The molecule has 0 aliphatic carbocycles. The molecule has 0 spiro atoms. The maximum Gasteiger partial charge on any atom is 0.146 e. The van der Waals surface area contributed by atoms with E-state index in [4.69, 9.17) is 0 Å². The van der Waals surface area contributed by atoms with Crippen LogP contribution in [-0.4, -0.2) is 10.6 Å². The first-order chi connectivity index (χ1) is 6.22. The Kier molecular flexibility index (Phi) is 8.84. The van der Waals surface area contributed by atoms with Crippen molar-refractivity contribution in [1.82, 2.24) is 0 Å². The van der Waals surface area contributed by atoms with Crippen LogP contribution in [0.1, 0.15) is 58.8 Å². The molecule has 0 fully saturated rings. The molecule has 0 radical (unpaired) electrons. The third kappa shape index (κ3) is 7.24. The maximum absolute atomic E-state index is 11.4. The standard InChI is InChI=1S/C11H21BrO/c1-3-5-6-7-8-9-11(13)10(12)4-2/h10H,3-9H2,1-2H3. The van der Waals surface area contributed by atoms with Crippen LogP contribution in [0.25, 0.3) is 0 Å². The number of halogens is 1. The van der Waals surface area contributed by atoms with Gasteiger partial charge in [0.25, 0.3) is 0 Å². The summed E-state index contributed by atoms with van der Waals surface area (Å²) < 4.78 is 0. The summed E-state index contributed by atoms with van der Waals surface area (Å²) in [6.45, 7) is 4.24. The number of Topliss-reactive ketones (excluding diaryl/α,β-unsaturated/α-hetero) is 1. The topological polar surface area (TPSA) is 17.1 Å². The first-order valence-electron chi connectivity index (χ1n) is 5.39. The molecule has 1 unspecified atom stereocenters. The Hall–Kier alpha value is 0.150. The van der Waals surface area contributed by atoms with E-state index in [1.165, 1.54) is 25.7 Å². The minimum atomic E-state index is 0.0960. The van der Waals surface area contributed by atoms with Gasteiger partial charge in [0.1, 0.15) is 5.78 Å². The first-order valence-corrected chi connectivity index (χ1v) is 6.30. The summed E-state index contributed by atoms with van der Waals surface area (Å²) in [4.78, 5) is 11.5. The Balaban J connectivity index is 3.27. The lowest BCUT2D eigenvalue weighted by Crippen LogP contribution is -2.11. The van der Waals surface area contributed by atoms with E-state index < -0.39 is 0 Å². The molecule has 0 aromatic rings. The minimum Gasteiger partial charge on any atom is -0.298 e. The molecular weight excluding hydrogens is 228 g/mol. The number of carbonyl (C=O) groups is 1. The quantitative estimate of drug-likeness (QED) is 0.467. The first kappa shape index (κ1) is 13.2. The highest BCUT2D eigenvalue weighted by Crippen LogP contribution is 2.12. The van der Waals surface area contributed by atoms with Gasteiger partial charge in [0, 0.05) is 6.42 Å². The fourth-order valence-electron chi connectivity index (χ4n) is 1.29.